The van der Waals surface area contributed by atoms with Crippen molar-refractivity contribution in [2.75, 3.05) is 13.7 Å². The SMILES string of the molecule is COc1cccc(C(=O)CN(C(=O)c2cccc([N+](=O)[O-])c2)N2C(=O)c3c(Cl)c(Cl)c(Cl)c(Cl)c3C2=O)c1. The quantitative estimate of drug-likeness (QED) is 0.0848. The van der Waals surface area contributed by atoms with Crippen molar-refractivity contribution in [2.45, 2.75) is 0 Å². The molecule has 38 heavy (non-hydrogen) atoms. The van der Waals surface area contributed by atoms with E-state index in [9.17, 15) is 29.3 Å². The van der Waals surface area contributed by atoms with Gasteiger partial charge in [0.2, 0.25) is 0 Å². The van der Waals surface area contributed by atoms with Crippen LogP contribution in [0.25, 0.3) is 0 Å². The Hall–Kier alpha value is -3.70. The van der Waals surface area contributed by atoms with Crippen LogP contribution in [0.15, 0.2) is 48.5 Å². The Morgan fingerprint density at radius 1 is 0.895 bits per heavy atom. The summed E-state index contributed by atoms with van der Waals surface area (Å²) in [5, 5.41) is 10.9. The Bertz CT molecular complexity index is 1510. The average Bonchev–Trinajstić information content (AvgIpc) is 3.18. The second-order valence-electron chi connectivity index (χ2n) is 7.75. The van der Waals surface area contributed by atoms with Crippen molar-refractivity contribution >= 4 is 75.6 Å². The van der Waals surface area contributed by atoms with E-state index < -0.39 is 51.8 Å². The highest BCUT2D eigenvalue weighted by Crippen LogP contribution is 2.45. The van der Waals surface area contributed by atoms with Gasteiger partial charge in [-0.05, 0) is 18.2 Å². The van der Waals surface area contributed by atoms with Gasteiger partial charge in [0.05, 0.1) is 43.3 Å². The molecule has 3 aromatic carbocycles. The van der Waals surface area contributed by atoms with Crippen molar-refractivity contribution in [3.8, 4) is 5.75 Å². The second kappa shape index (κ2) is 10.6. The number of carbonyl (C=O) groups excluding carboxylic acids is 4. The van der Waals surface area contributed by atoms with Crippen LogP contribution in [0, 0.1) is 10.1 Å². The zero-order valence-electron chi connectivity index (χ0n) is 19.0. The molecule has 1 aliphatic heterocycles. The third kappa shape index (κ3) is 4.67. The summed E-state index contributed by atoms with van der Waals surface area (Å²) in [6, 6.07) is 10.5. The highest BCUT2D eigenvalue weighted by atomic mass is 35.5. The highest BCUT2D eigenvalue weighted by molar-refractivity contribution is 6.55. The van der Waals surface area contributed by atoms with Gasteiger partial charge in [0.25, 0.3) is 23.4 Å². The number of Topliss-reactive ketones (excluding diaryl/α,β-unsaturated/α-hetero) is 1. The van der Waals surface area contributed by atoms with E-state index in [2.05, 4.69) is 0 Å². The van der Waals surface area contributed by atoms with Gasteiger partial charge < -0.3 is 4.74 Å². The number of non-ortho nitro benzene ring substituents is 1. The van der Waals surface area contributed by atoms with Gasteiger partial charge in [-0.25, -0.2) is 5.01 Å². The molecular weight excluding hydrogens is 584 g/mol. The Morgan fingerprint density at radius 3 is 2.00 bits per heavy atom. The molecule has 1 aliphatic rings. The van der Waals surface area contributed by atoms with Crippen molar-refractivity contribution in [2.24, 2.45) is 0 Å². The standard InChI is InChI=1S/C24H13Cl4N3O7/c1-38-14-7-3-4-11(9-14)15(32)10-29(22(33)12-5-2-6-13(8-12)31(36)37)30-23(34)16-17(24(30)35)19(26)21(28)20(27)18(16)25/h2-9H,10H2,1H3. The number of rotatable bonds is 7. The van der Waals surface area contributed by atoms with Crippen LogP contribution < -0.4 is 4.74 Å². The topological polar surface area (TPSA) is 127 Å². The van der Waals surface area contributed by atoms with Crippen molar-refractivity contribution in [3.63, 3.8) is 0 Å². The second-order valence-corrected chi connectivity index (χ2v) is 9.27. The molecule has 0 saturated carbocycles. The van der Waals surface area contributed by atoms with E-state index in [4.69, 9.17) is 51.1 Å². The lowest BCUT2D eigenvalue weighted by atomic mass is 10.1. The number of halogens is 4. The fourth-order valence-electron chi connectivity index (χ4n) is 3.72. The molecule has 14 heteroatoms. The van der Waals surface area contributed by atoms with Crippen LogP contribution in [-0.2, 0) is 0 Å². The molecule has 10 nitrogen and oxygen atoms in total. The summed E-state index contributed by atoms with van der Waals surface area (Å²) in [5.41, 5.74) is -1.44. The molecule has 0 N–H and O–H groups in total. The number of nitrogens with zero attached hydrogens (tertiary/aromatic N) is 3. The smallest absolute Gasteiger partial charge is 0.282 e. The molecule has 0 unspecified atom stereocenters. The third-order valence-electron chi connectivity index (χ3n) is 5.54. The highest BCUT2D eigenvalue weighted by Gasteiger charge is 2.46. The summed E-state index contributed by atoms with van der Waals surface area (Å²) in [5.74, 6) is -3.62. The predicted octanol–water partition coefficient (Wildman–Crippen LogP) is 5.75. The minimum Gasteiger partial charge on any atom is -0.497 e. The van der Waals surface area contributed by atoms with Gasteiger partial charge in [0, 0.05) is 23.3 Å². The first-order chi connectivity index (χ1) is 18.0. The number of nitro benzene ring substituents is 1. The lowest BCUT2D eigenvalue weighted by Crippen LogP contribution is -2.51. The maximum atomic E-state index is 13.6. The fraction of sp³-hybridized carbons (Fsp3) is 0.0833. The number of hydrazine groups is 1. The summed E-state index contributed by atoms with van der Waals surface area (Å²) >= 11 is 24.5. The first-order valence-corrected chi connectivity index (χ1v) is 12.0. The molecule has 4 rings (SSSR count). The van der Waals surface area contributed by atoms with Crippen molar-refractivity contribution in [1.82, 2.24) is 10.0 Å². The van der Waals surface area contributed by atoms with Crippen LogP contribution in [0.2, 0.25) is 20.1 Å². The molecule has 194 valence electrons. The molecule has 0 bridgehead atoms. The summed E-state index contributed by atoms with van der Waals surface area (Å²) in [7, 11) is 1.39. The van der Waals surface area contributed by atoms with E-state index >= 15 is 0 Å². The summed E-state index contributed by atoms with van der Waals surface area (Å²) < 4.78 is 5.12. The first-order valence-electron chi connectivity index (χ1n) is 10.5. The van der Waals surface area contributed by atoms with Gasteiger partial charge in [-0.1, -0.05) is 64.6 Å². The summed E-state index contributed by atoms with van der Waals surface area (Å²) in [4.78, 5) is 64.2. The van der Waals surface area contributed by atoms with E-state index in [0.29, 0.717) is 15.8 Å². The number of hydrogen-bond acceptors (Lipinski definition) is 7. The maximum absolute atomic E-state index is 13.6. The molecule has 3 aromatic rings. The number of amides is 3. The summed E-state index contributed by atoms with van der Waals surface area (Å²) in [6.07, 6.45) is 0. The predicted molar refractivity (Wildman–Crippen MR) is 138 cm³/mol. The molecule has 0 saturated heterocycles. The zero-order chi connectivity index (χ0) is 27.9. The number of benzene rings is 3. The molecule has 1 heterocycles. The number of carbonyl (C=O) groups is 4. The number of hydrogen-bond donors (Lipinski definition) is 0. The Labute approximate surface area is 234 Å². The van der Waals surface area contributed by atoms with Gasteiger partial charge in [-0.2, -0.15) is 5.01 Å². The van der Waals surface area contributed by atoms with E-state index in [1.165, 1.54) is 37.4 Å². The number of methoxy groups -OCH3 is 1. The van der Waals surface area contributed by atoms with Crippen LogP contribution in [0.3, 0.4) is 0 Å². The number of fused-ring (bicyclic) bond motifs is 1. The molecule has 0 radical (unpaired) electrons. The monoisotopic (exact) mass is 595 g/mol. The lowest BCUT2D eigenvalue weighted by molar-refractivity contribution is -0.384. The van der Waals surface area contributed by atoms with Crippen LogP contribution >= 0.6 is 46.4 Å². The Morgan fingerprint density at radius 2 is 1.45 bits per heavy atom. The first kappa shape index (κ1) is 27.3. The molecule has 3 amide bonds. The number of imide groups is 1. The fourth-order valence-corrected chi connectivity index (χ4v) is 4.73. The van der Waals surface area contributed by atoms with Crippen molar-refractivity contribution < 1.29 is 28.8 Å². The van der Waals surface area contributed by atoms with Gasteiger partial charge >= 0.3 is 0 Å². The third-order valence-corrected chi connectivity index (χ3v) is 7.35. The van der Waals surface area contributed by atoms with Crippen LogP contribution in [0.5, 0.6) is 5.75 Å². The van der Waals surface area contributed by atoms with Gasteiger partial charge in [0.1, 0.15) is 12.3 Å². The average molecular weight is 597 g/mol. The van der Waals surface area contributed by atoms with Gasteiger partial charge in [-0.15, -0.1) is 0 Å². The van der Waals surface area contributed by atoms with Crippen LogP contribution in [0.1, 0.15) is 41.4 Å². The van der Waals surface area contributed by atoms with E-state index in [0.717, 1.165) is 12.1 Å². The summed E-state index contributed by atoms with van der Waals surface area (Å²) in [6.45, 7) is -0.823. The van der Waals surface area contributed by atoms with E-state index in [-0.39, 0.29) is 31.2 Å². The maximum Gasteiger partial charge on any atom is 0.282 e. The van der Waals surface area contributed by atoms with E-state index in [1.54, 1.807) is 6.07 Å². The van der Waals surface area contributed by atoms with Crippen molar-refractivity contribution in [1.29, 1.82) is 0 Å². The number of ether oxygens (including phenoxy) is 1. The lowest BCUT2D eigenvalue weighted by Gasteiger charge is -2.29. The minimum atomic E-state index is -1.10. The van der Waals surface area contributed by atoms with Crippen molar-refractivity contribution in [3.05, 3.63) is 101 Å². The molecule has 0 spiro atoms. The van der Waals surface area contributed by atoms with Crippen LogP contribution in [-0.4, -0.2) is 52.1 Å². The normalized spacial score (nSPS) is 12.4. The molecular formula is C24H13Cl4N3O7. The molecule has 0 aromatic heterocycles. The van der Waals surface area contributed by atoms with E-state index in [1.807, 2.05) is 0 Å². The molecule has 0 aliphatic carbocycles. The van der Waals surface area contributed by atoms with Gasteiger partial charge in [-0.3, -0.25) is 29.3 Å². The Kier molecular flexibility index (Phi) is 7.61. The minimum absolute atomic E-state index is 0.0972. The van der Waals surface area contributed by atoms with Crippen LogP contribution in [0.4, 0.5) is 5.69 Å². The molecule has 0 fully saturated rings. The number of nitro groups is 1. The number of ketones is 1. The Balaban J connectivity index is 1.84. The van der Waals surface area contributed by atoms with Gasteiger partial charge in [0.15, 0.2) is 5.78 Å². The largest absolute Gasteiger partial charge is 0.497 e. The molecule has 0 atom stereocenters. The zero-order valence-corrected chi connectivity index (χ0v) is 22.1.